The number of benzene rings is 6. The molecule has 4 nitrogen and oxygen atoms in total. The number of rotatable bonds is 7. The summed E-state index contributed by atoms with van der Waals surface area (Å²) in [5, 5.41) is 11.1. The van der Waals surface area contributed by atoms with Crippen LogP contribution in [0.3, 0.4) is 0 Å². The van der Waals surface area contributed by atoms with E-state index in [1.165, 1.54) is 0 Å². The van der Waals surface area contributed by atoms with Crippen LogP contribution in [0, 0.1) is 6.07 Å². The van der Waals surface area contributed by atoms with Crippen molar-refractivity contribution in [2.24, 2.45) is 0 Å². The summed E-state index contributed by atoms with van der Waals surface area (Å²) in [6.07, 6.45) is 1.87. The molecule has 5 heteroatoms. The zero-order chi connectivity index (χ0) is 33.4. The van der Waals surface area contributed by atoms with Crippen molar-refractivity contribution in [1.82, 2.24) is 14.5 Å². The van der Waals surface area contributed by atoms with Gasteiger partial charge in [0.2, 0.25) is 0 Å². The Bertz CT molecular complexity index is 2420. The van der Waals surface area contributed by atoms with Crippen molar-refractivity contribution in [1.29, 1.82) is 0 Å². The van der Waals surface area contributed by atoms with Crippen LogP contribution in [-0.2, 0) is 26.6 Å². The molecule has 246 valence electrons. The molecular formula is C45H34N3OPt-. The van der Waals surface area contributed by atoms with E-state index in [0.717, 1.165) is 61.2 Å². The summed E-state index contributed by atoms with van der Waals surface area (Å²) in [6, 6.07) is 57.3. The molecule has 0 aliphatic heterocycles. The number of fused-ring (bicyclic) bond motifs is 1. The topological polar surface area (TPSA) is 50.9 Å². The largest absolute Gasteiger partial charge is 0.507 e. The van der Waals surface area contributed by atoms with Crippen LogP contribution < -0.4 is 0 Å². The first-order valence-corrected chi connectivity index (χ1v) is 16.5. The smallest absolute Gasteiger partial charge is 0.144 e. The van der Waals surface area contributed by atoms with Crippen LogP contribution >= 0.6 is 0 Å². The minimum Gasteiger partial charge on any atom is -0.507 e. The summed E-state index contributed by atoms with van der Waals surface area (Å²) in [5.41, 5.74) is 11.2. The van der Waals surface area contributed by atoms with E-state index in [9.17, 15) is 5.11 Å². The molecule has 0 saturated heterocycles. The van der Waals surface area contributed by atoms with Crippen molar-refractivity contribution in [3.8, 4) is 61.8 Å². The monoisotopic (exact) mass is 827 g/mol. The van der Waals surface area contributed by atoms with Gasteiger partial charge in [-0.15, -0.1) is 23.8 Å². The molecule has 0 aliphatic rings. The fourth-order valence-corrected chi connectivity index (χ4v) is 6.74. The maximum absolute atomic E-state index is 11.1. The predicted octanol–water partition coefficient (Wildman–Crippen LogP) is 11.1. The zero-order valence-corrected chi connectivity index (χ0v) is 30.0. The first kappa shape index (κ1) is 33.0. The molecule has 2 heterocycles. The van der Waals surface area contributed by atoms with Crippen LogP contribution in [0.25, 0.3) is 67.1 Å². The number of hydrogen-bond donors (Lipinski definition) is 1. The number of imidazole rings is 1. The molecule has 6 aromatic carbocycles. The minimum absolute atomic E-state index is 0. The van der Waals surface area contributed by atoms with Crippen molar-refractivity contribution in [3.63, 3.8) is 0 Å². The Labute approximate surface area is 307 Å². The van der Waals surface area contributed by atoms with E-state index in [-0.39, 0.29) is 26.8 Å². The third-order valence-corrected chi connectivity index (χ3v) is 9.28. The number of pyridine rings is 1. The standard InChI is InChI=1S/C45H34N3O.Pt/c1-45(2,37-19-10-5-11-20-37)48-41-23-14-22-38(43(41)47-44(48)39-21-12-13-24-42(39)49)35-27-34(32-17-8-4-9-18-32)28-36(29-35)40-30-33(25-26-46-40)31-15-6-3-7-16-31;/h3-28,30,49H,1-2H3;/q-1;. The molecular weight excluding hydrogens is 794 g/mol. The number of para-hydroxylation sites is 2. The van der Waals surface area contributed by atoms with Gasteiger partial charge in [-0.3, -0.25) is 4.98 Å². The normalized spacial score (nSPS) is 11.3. The van der Waals surface area contributed by atoms with Crippen LogP contribution in [-0.4, -0.2) is 19.6 Å². The van der Waals surface area contributed by atoms with E-state index in [0.29, 0.717) is 11.4 Å². The first-order chi connectivity index (χ1) is 24.0. The van der Waals surface area contributed by atoms with Crippen molar-refractivity contribution < 1.29 is 26.2 Å². The summed E-state index contributed by atoms with van der Waals surface area (Å²) in [4.78, 5) is 10.2. The molecule has 0 spiro atoms. The van der Waals surface area contributed by atoms with Gasteiger partial charge in [-0.1, -0.05) is 138 Å². The van der Waals surface area contributed by atoms with Crippen LogP contribution in [0.1, 0.15) is 19.4 Å². The molecule has 0 saturated carbocycles. The zero-order valence-electron chi connectivity index (χ0n) is 27.7. The molecule has 2 aromatic heterocycles. The summed E-state index contributed by atoms with van der Waals surface area (Å²) in [6.45, 7) is 4.40. The number of nitrogens with zero attached hydrogens (tertiary/aromatic N) is 3. The van der Waals surface area contributed by atoms with Gasteiger partial charge in [0.05, 0.1) is 22.1 Å². The van der Waals surface area contributed by atoms with Gasteiger partial charge in [-0.2, -0.15) is 0 Å². The van der Waals surface area contributed by atoms with Crippen LogP contribution in [0.15, 0.2) is 164 Å². The third-order valence-electron chi connectivity index (χ3n) is 9.28. The van der Waals surface area contributed by atoms with Gasteiger partial charge >= 0.3 is 0 Å². The summed E-state index contributed by atoms with van der Waals surface area (Å²) in [7, 11) is 0. The Balaban J connectivity index is 0.00000392. The predicted molar refractivity (Wildman–Crippen MR) is 200 cm³/mol. The number of phenols is 1. The second-order valence-corrected chi connectivity index (χ2v) is 12.7. The molecule has 1 N–H and O–H groups in total. The molecule has 0 bridgehead atoms. The van der Waals surface area contributed by atoms with Gasteiger partial charge < -0.3 is 9.67 Å². The van der Waals surface area contributed by atoms with E-state index >= 15 is 0 Å². The van der Waals surface area contributed by atoms with Gasteiger partial charge in [-0.25, -0.2) is 4.98 Å². The maximum Gasteiger partial charge on any atom is 0.144 e. The molecule has 0 atom stereocenters. The maximum atomic E-state index is 11.1. The number of phenolic OH excluding ortho intramolecular Hbond substituents is 1. The molecule has 8 aromatic rings. The molecule has 0 radical (unpaired) electrons. The van der Waals surface area contributed by atoms with Gasteiger partial charge in [0.25, 0.3) is 0 Å². The summed E-state index contributed by atoms with van der Waals surface area (Å²) >= 11 is 0. The van der Waals surface area contributed by atoms with Crippen molar-refractivity contribution in [2.45, 2.75) is 19.4 Å². The molecule has 0 amide bonds. The van der Waals surface area contributed by atoms with Crippen LogP contribution in [0.2, 0.25) is 0 Å². The quantitative estimate of drug-likeness (QED) is 0.163. The van der Waals surface area contributed by atoms with Crippen molar-refractivity contribution in [2.75, 3.05) is 0 Å². The van der Waals surface area contributed by atoms with E-state index in [4.69, 9.17) is 9.97 Å². The minimum atomic E-state index is -0.491. The molecule has 0 unspecified atom stereocenters. The van der Waals surface area contributed by atoms with Gasteiger partial charge in [0.15, 0.2) is 0 Å². The molecule has 8 rings (SSSR count). The SMILES string of the molecule is CC(C)(c1ccccc1)n1c(-c2ccccc2O)nc2c(-c3[c-]c(-c4cc(-c5ccccc5)ccn4)cc(-c4ccccc4)c3)cccc21.[Pt]. The fourth-order valence-electron chi connectivity index (χ4n) is 6.74. The molecule has 50 heavy (non-hydrogen) atoms. The van der Waals surface area contributed by atoms with Gasteiger partial charge in [0, 0.05) is 33.0 Å². The van der Waals surface area contributed by atoms with Crippen molar-refractivity contribution in [3.05, 3.63) is 176 Å². The molecule has 0 fully saturated rings. The van der Waals surface area contributed by atoms with E-state index < -0.39 is 5.54 Å². The summed E-state index contributed by atoms with van der Waals surface area (Å²) in [5.74, 6) is 0.889. The van der Waals surface area contributed by atoms with E-state index in [2.05, 4.69) is 134 Å². The number of aromatic hydroxyl groups is 1. The van der Waals surface area contributed by atoms with Crippen LogP contribution in [0.5, 0.6) is 5.75 Å². The van der Waals surface area contributed by atoms with Gasteiger partial charge in [-0.05, 0) is 60.4 Å². The van der Waals surface area contributed by atoms with E-state index in [1.807, 2.05) is 48.7 Å². The molecule has 0 aliphatic carbocycles. The van der Waals surface area contributed by atoms with Gasteiger partial charge in [0.1, 0.15) is 11.6 Å². The Morgan fingerprint density at radius 1 is 0.580 bits per heavy atom. The van der Waals surface area contributed by atoms with Crippen LogP contribution in [0.4, 0.5) is 0 Å². The Morgan fingerprint density at radius 2 is 1.18 bits per heavy atom. The number of aromatic nitrogens is 3. The summed E-state index contributed by atoms with van der Waals surface area (Å²) < 4.78 is 2.25. The average molecular weight is 828 g/mol. The first-order valence-electron chi connectivity index (χ1n) is 16.5. The third kappa shape index (κ3) is 6.08. The van der Waals surface area contributed by atoms with Crippen molar-refractivity contribution >= 4 is 11.0 Å². The van der Waals surface area contributed by atoms with E-state index in [1.54, 1.807) is 6.07 Å². The second-order valence-electron chi connectivity index (χ2n) is 12.7. The number of hydrogen-bond acceptors (Lipinski definition) is 3. The Morgan fingerprint density at radius 3 is 1.88 bits per heavy atom. The average Bonchev–Trinajstić information content (AvgIpc) is 3.56. The Kier molecular flexibility index (Phi) is 9.06. The second kappa shape index (κ2) is 13.7. The fraction of sp³-hybridized carbons (Fsp3) is 0.0667. The Hall–Kier alpha value is -5.57.